The standard InChI is InChI=1S/C11H18BrGeN/c1-4-13(5-2,6-3)10-7-8-14-11(12)9-10/h7-9H,4-6H2,1-3H3. The Morgan fingerprint density at radius 3 is 2.21 bits per heavy atom. The summed E-state index contributed by atoms with van der Waals surface area (Å²) in [5.41, 5.74) is 0. The number of nitrogens with zero attached hydrogens (tertiary/aromatic N) is 1. The molecule has 0 spiro atoms. The van der Waals surface area contributed by atoms with Crippen molar-refractivity contribution in [2.45, 2.75) is 36.5 Å². The summed E-state index contributed by atoms with van der Waals surface area (Å²) < 4.78 is 2.58. The summed E-state index contributed by atoms with van der Waals surface area (Å²) in [4.78, 5) is 4.20. The van der Waals surface area contributed by atoms with Gasteiger partial charge in [0.1, 0.15) is 0 Å². The summed E-state index contributed by atoms with van der Waals surface area (Å²) in [6.45, 7) is 7.05. The molecule has 0 atom stereocenters. The van der Waals surface area contributed by atoms with Crippen LogP contribution in [0.25, 0.3) is 0 Å². The normalized spacial score (nSPS) is 11.7. The second-order valence-electron chi connectivity index (χ2n) is 3.71. The summed E-state index contributed by atoms with van der Waals surface area (Å²) in [5.74, 6) is 0. The molecule has 0 saturated heterocycles. The first kappa shape index (κ1) is 12.2. The first-order valence-electron chi connectivity index (χ1n) is 5.30. The van der Waals surface area contributed by atoms with Crippen molar-refractivity contribution in [2.75, 3.05) is 0 Å². The van der Waals surface area contributed by atoms with Gasteiger partial charge in [0.15, 0.2) is 0 Å². The zero-order chi connectivity index (χ0) is 10.6. The molecule has 1 heterocycles. The molecule has 0 radical (unpaired) electrons. The van der Waals surface area contributed by atoms with E-state index in [-0.39, 0.29) is 0 Å². The van der Waals surface area contributed by atoms with E-state index in [0.717, 1.165) is 4.60 Å². The quantitative estimate of drug-likeness (QED) is 0.611. The van der Waals surface area contributed by atoms with Crippen LogP contribution in [0.4, 0.5) is 0 Å². The van der Waals surface area contributed by atoms with Gasteiger partial charge in [-0.15, -0.1) is 0 Å². The summed E-state index contributed by atoms with van der Waals surface area (Å²) in [6.07, 6.45) is 1.93. The monoisotopic (exact) mass is 317 g/mol. The van der Waals surface area contributed by atoms with Gasteiger partial charge in [-0.3, -0.25) is 0 Å². The molecule has 1 rings (SSSR count). The summed E-state index contributed by atoms with van der Waals surface area (Å²) in [6, 6.07) is 4.46. The first-order valence-corrected chi connectivity index (χ1v) is 11.6. The molecule has 0 unspecified atom stereocenters. The fourth-order valence-electron chi connectivity index (χ4n) is 2.09. The van der Waals surface area contributed by atoms with Crippen molar-refractivity contribution in [3.8, 4) is 0 Å². The first-order chi connectivity index (χ1) is 6.68. The third-order valence-corrected chi connectivity index (χ3v) is 15.5. The number of aromatic nitrogens is 1. The van der Waals surface area contributed by atoms with Crippen LogP contribution >= 0.6 is 15.9 Å². The SMILES string of the molecule is C[CH2][Ge]([CH2]C)([CH2]C)[c]1ccnc(Br)c1. The predicted octanol–water partition coefficient (Wildman–Crippen LogP) is 3.56. The number of rotatable bonds is 4. The molecule has 14 heavy (non-hydrogen) atoms. The molecule has 1 nitrogen and oxygen atoms in total. The fraction of sp³-hybridized carbons (Fsp3) is 0.545. The molecule has 0 bridgehead atoms. The Kier molecular flexibility index (Phi) is 4.64. The van der Waals surface area contributed by atoms with Crippen LogP contribution in [-0.4, -0.2) is 18.3 Å². The van der Waals surface area contributed by atoms with Gasteiger partial charge in [0, 0.05) is 0 Å². The van der Waals surface area contributed by atoms with E-state index in [0.29, 0.717) is 0 Å². The third-order valence-electron chi connectivity index (χ3n) is 3.37. The van der Waals surface area contributed by atoms with Gasteiger partial charge in [-0.2, -0.15) is 0 Å². The molecule has 0 aromatic carbocycles. The van der Waals surface area contributed by atoms with Crippen molar-refractivity contribution < 1.29 is 0 Å². The molecule has 0 saturated carbocycles. The Balaban J connectivity index is 3.10. The second kappa shape index (κ2) is 5.31. The van der Waals surface area contributed by atoms with Gasteiger partial charge in [-0.25, -0.2) is 0 Å². The van der Waals surface area contributed by atoms with Gasteiger partial charge in [-0.05, 0) is 0 Å². The molecule has 0 aliphatic heterocycles. The van der Waals surface area contributed by atoms with Crippen LogP contribution in [0.2, 0.25) is 15.8 Å². The van der Waals surface area contributed by atoms with E-state index >= 15 is 0 Å². The summed E-state index contributed by atoms with van der Waals surface area (Å²) >= 11 is 1.73. The van der Waals surface area contributed by atoms with E-state index in [2.05, 4.69) is 53.8 Å². The van der Waals surface area contributed by atoms with Crippen molar-refractivity contribution >= 4 is 33.6 Å². The summed E-state index contributed by atoms with van der Waals surface area (Å²) in [5, 5.41) is 4.14. The molecule has 0 N–H and O–H groups in total. The third kappa shape index (κ3) is 2.40. The van der Waals surface area contributed by atoms with Gasteiger partial charge in [0.2, 0.25) is 0 Å². The Morgan fingerprint density at radius 1 is 1.21 bits per heavy atom. The molecular formula is C11H18BrGeN. The van der Waals surface area contributed by atoms with Crippen molar-refractivity contribution in [1.29, 1.82) is 0 Å². The number of pyridine rings is 1. The number of halogens is 1. The van der Waals surface area contributed by atoms with E-state index in [4.69, 9.17) is 0 Å². The second-order valence-corrected chi connectivity index (χ2v) is 15.6. The molecule has 0 amide bonds. The van der Waals surface area contributed by atoms with Crippen molar-refractivity contribution in [3.63, 3.8) is 0 Å². The van der Waals surface area contributed by atoms with Crippen LogP contribution in [0.5, 0.6) is 0 Å². The van der Waals surface area contributed by atoms with E-state index in [1.165, 1.54) is 15.8 Å². The fourth-order valence-corrected chi connectivity index (χ4v) is 10.4. The molecular weight excluding hydrogens is 299 g/mol. The molecule has 1 aromatic heterocycles. The van der Waals surface area contributed by atoms with Gasteiger partial charge in [0.05, 0.1) is 0 Å². The number of hydrogen-bond acceptors (Lipinski definition) is 1. The van der Waals surface area contributed by atoms with E-state index in [9.17, 15) is 0 Å². The molecule has 1 aromatic rings. The topological polar surface area (TPSA) is 12.9 Å². The van der Waals surface area contributed by atoms with Gasteiger partial charge in [0.25, 0.3) is 0 Å². The zero-order valence-electron chi connectivity index (χ0n) is 9.18. The van der Waals surface area contributed by atoms with Crippen LogP contribution in [0.3, 0.4) is 0 Å². The van der Waals surface area contributed by atoms with Crippen LogP contribution in [-0.2, 0) is 0 Å². The molecule has 78 valence electrons. The molecule has 0 fully saturated rings. The minimum atomic E-state index is -1.73. The van der Waals surface area contributed by atoms with Gasteiger partial charge in [-0.1, -0.05) is 0 Å². The molecule has 3 heteroatoms. The Bertz CT molecular complexity index is 289. The van der Waals surface area contributed by atoms with E-state index in [1.807, 2.05) is 6.20 Å². The average Bonchev–Trinajstić information content (AvgIpc) is 2.22. The Morgan fingerprint density at radius 2 is 1.79 bits per heavy atom. The maximum absolute atomic E-state index is 4.20. The van der Waals surface area contributed by atoms with E-state index in [1.54, 1.807) is 4.40 Å². The predicted molar refractivity (Wildman–Crippen MR) is 68.8 cm³/mol. The Labute approximate surface area is 97.8 Å². The van der Waals surface area contributed by atoms with Crippen LogP contribution < -0.4 is 4.40 Å². The van der Waals surface area contributed by atoms with E-state index < -0.39 is 13.3 Å². The van der Waals surface area contributed by atoms with Crippen molar-refractivity contribution in [3.05, 3.63) is 22.9 Å². The number of hydrogen-bond donors (Lipinski definition) is 0. The van der Waals surface area contributed by atoms with Crippen molar-refractivity contribution in [2.24, 2.45) is 0 Å². The zero-order valence-corrected chi connectivity index (χ0v) is 12.9. The van der Waals surface area contributed by atoms with Gasteiger partial charge >= 0.3 is 98.0 Å². The van der Waals surface area contributed by atoms with Gasteiger partial charge < -0.3 is 0 Å². The molecule has 0 aliphatic rings. The minimum absolute atomic E-state index is 0.986. The Hall–Kier alpha value is 0.173. The van der Waals surface area contributed by atoms with Crippen LogP contribution in [0.1, 0.15) is 20.8 Å². The molecule has 0 aliphatic carbocycles. The maximum atomic E-state index is 4.20. The average molecular weight is 317 g/mol. The van der Waals surface area contributed by atoms with Crippen LogP contribution in [0.15, 0.2) is 22.9 Å². The van der Waals surface area contributed by atoms with Crippen molar-refractivity contribution in [1.82, 2.24) is 4.98 Å². The van der Waals surface area contributed by atoms with Crippen LogP contribution in [0, 0.1) is 0 Å². The summed E-state index contributed by atoms with van der Waals surface area (Å²) in [7, 11) is 0.